The van der Waals surface area contributed by atoms with Crippen molar-refractivity contribution in [2.75, 3.05) is 13.2 Å². The van der Waals surface area contributed by atoms with Gasteiger partial charge in [-0.1, -0.05) is 13.8 Å². The second-order valence-corrected chi connectivity index (χ2v) is 4.14. The van der Waals surface area contributed by atoms with Crippen molar-refractivity contribution in [3.8, 4) is 0 Å². The summed E-state index contributed by atoms with van der Waals surface area (Å²) in [5.74, 6) is 1.73. The fourth-order valence-electron chi connectivity index (χ4n) is 2.00. The topological polar surface area (TPSA) is 32.3 Å². The lowest BCUT2D eigenvalue weighted by Crippen LogP contribution is -2.37. The zero-order valence-corrected chi connectivity index (χ0v) is 8.21. The van der Waals surface area contributed by atoms with E-state index in [9.17, 15) is 0 Å². The molecule has 2 N–H and O–H groups in total. The van der Waals surface area contributed by atoms with Crippen LogP contribution in [0.3, 0.4) is 0 Å². The van der Waals surface area contributed by atoms with Gasteiger partial charge in [-0.05, 0) is 31.1 Å². The predicted molar refractivity (Wildman–Crippen MR) is 51.1 cm³/mol. The first-order chi connectivity index (χ1) is 5.74. The minimum atomic E-state index is 0.264. The van der Waals surface area contributed by atoms with Crippen molar-refractivity contribution in [3.05, 3.63) is 0 Å². The Hall–Kier alpha value is -0.0800. The summed E-state index contributed by atoms with van der Waals surface area (Å²) in [5, 5.41) is 12.0. The van der Waals surface area contributed by atoms with Crippen molar-refractivity contribution in [2.45, 2.75) is 39.2 Å². The summed E-state index contributed by atoms with van der Waals surface area (Å²) in [6.45, 7) is 5.69. The van der Waals surface area contributed by atoms with Gasteiger partial charge in [-0.3, -0.25) is 0 Å². The molecule has 0 saturated heterocycles. The second-order valence-electron chi connectivity index (χ2n) is 4.14. The molecule has 0 aliphatic heterocycles. The molecule has 3 unspecified atom stereocenters. The molecule has 72 valence electrons. The second kappa shape index (κ2) is 4.83. The molecule has 0 bridgehead atoms. The van der Waals surface area contributed by atoms with E-state index < -0.39 is 0 Å². The maximum atomic E-state index is 8.65. The van der Waals surface area contributed by atoms with Crippen LogP contribution in [-0.4, -0.2) is 24.3 Å². The summed E-state index contributed by atoms with van der Waals surface area (Å²) >= 11 is 0. The molecule has 1 fully saturated rings. The van der Waals surface area contributed by atoms with Crippen molar-refractivity contribution in [1.82, 2.24) is 5.32 Å². The van der Waals surface area contributed by atoms with E-state index in [1.165, 1.54) is 19.3 Å². The van der Waals surface area contributed by atoms with Gasteiger partial charge in [0.2, 0.25) is 0 Å². The predicted octanol–water partition coefficient (Wildman–Crippen LogP) is 1.39. The van der Waals surface area contributed by atoms with Crippen LogP contribution in [0.2, 0.25) is 0 Å². The zero-order valence-electron chi connectivity index (χ0n) is 8.21. The van der Waals surface area contributed by atoms with Gasteiger partial charge in [-0.2, -0.15) is 0 Å². The molecule has 0 amide bonds. The Kier molecular flexibility index (Phi) is 4.02. The normalized spacial score (nSPS) is 36.8. The molecule has 2 nitrogen and oxygen atoms in total. The van der Waals surface area contributed by atoms with Gasteiger partial charge in [0.1, 0.15) is 0 Å². The molecule has 0 radical (unpaired) electrons. The van der Waals surface area contributed by atoms with Crippen LogP contribution >= 0.6 is 0 Å². The number of nitrogens with one attached hydrogen (secondary N) is 1. The molecule has 12 heavy (non-hydrogen) atoms. The quantitative estimate of drug-likeness (QED) is 0.672. The Morgan fingerprint density at radius 2 is 2.00 bits per heavy atom. The largest absolute Gasteiger partial charge is 0.395 e. The van der Waals surface area contributed by atoms with Crippen molar-refractivity contribution >= 4 is 0 Å². The number of hydrogen-bond acceptors (Lipinski definition) is 2. The Labute approximate surface area is 75.4 Å². The van der Waals surface area contributed by atoms with Gasteiger partial charge >= 0.3 is 0 Å². The monoisotopic (exact) mass is 171 g/mol. The zero-order chi connectivity index (χ0) is 8.97. The van der Waals surface area contributed by atoms with E-state index in [0.717, 1.165) is 18.4 Å². The first-order valence-electron chi connectivity index (χ1n) is 5.08. The van der Waals surface area contributed by atoms with E-state index in [4.69, 9.17) is 5.11 Å². The third-order valence-corrected chi connectivity index (χ3v) is 3.14. The summed E-state index contributed by atoms with van der Waals surface area (Å²) in [5.41, 5.74) is 0. The SMILES string of the molecule is CC1CCC(NCCO)CC1C. The minimum absolute atomic E-state index is 0.264. The molecule has 1 aliphatic carbocycles. The Bertz CT molecular complexity index is 125. The van der Waals surface area contributed by atoms with Crippen LogP contribution in [0, 0.1) is 11.8 Å². The Morgan fingerprint density at radius 1 is 1.25 bits per heavy atom. The van der Waals surface area contributed by atoms with Gasteiger partial charge in [-0.15, -0.1) is 0 Å². The standard InChI is InChI=1S/C10H21NO/c1-8-3-4-10(7-9(8)2)11-5-6-12/h8-12H,3-7H2,1-2H3. The van der Waals surface area contributed by atoms with E-state index >= 15 is 0 Å². The summed E-state index contributed by atoms with van der Waals surface area (Å²) in [4.78, 5) is 0. The smallest absolute Gasteiger partial charge is 0.0556 e. The average molecular weight is 171 g/mol. The fourth-order valence-corrected chi connectivity index (χ4v) is 2.00. The molecular weight excluding hydrogens is 150 g/mol. The summed E-state index contributed by atoms with van der Waals surface area (Å²) < 4.78 is 0. The van der Waals surface area contributed by atoms with Crippen LogP contribution in [0.4, 0.5) is 0 Å². The number of aliphatic hydroxyl groups is 1. The van der Waals surface area contributed by atoms with Gasteiger partial charge in [0, 0.05) is 12.6 Å². The molecule has 1 saturated carbocycles. The Balaban J connectivity index is 2.21. The lowest BCUT2D eigenvalue weighted by atomic mass is 9.79. The van der Waals surface area contributed by atoms with Gasteiger partial charge in [0.05, 0.1) is 6.61 Å². The summed E-state index contributed by atoms with van der Waals surface area (Å²) in [6.07, 6.45) is 3.90. The van der Waals surface area contributed by atoms with Crippen LogP contribution in [-0.2, 0) is 0 Å². The van der Waals surface area contributed by atoms with Crippen LogP contribution < -0.4 is 5.32 Å². The number of hydrogen-bond donors (Lipinski definition) is 2. The lowest BCUT2D eigenvalue weighted by Gasteiger charge is -2.32. The van der Waals surface area contributed by atoms with Gasteiger partial charge in [-0.25, -0.2) is 0 Å². The molecule has 2 heteroatoms. The molecule has 0 aromatic rings. The van der Waals surface area contributed by atoms with Gasteiger partial charge in [0.25, 0.3) is 0 Å². The highest BCUT2D eigenvalue weighted by atomic mass is 16.3. The van der Waals surface area contributed by atoms with Gasteiger partial charge < -0.3 is 10.4 Å². The molecule has 0 aromatic heterocycles. The number of aliphatic hydroxyl groups excluding tert-OH is 1. The highest BCUT2D eigenvalue weighted by Gasteiger charge is 2.23. The maximum Gasteiger partial charge on any atom is 0.0556 e. The molecule has 1 rings (SSSR count). The van der Waals surface area contributed by atoms with Crippen LogP contribution in [0.1, 0.15) is 33.1 Å². The average Bonchev–Trinajstić information content (AvgIpc) is 2.07. The highest BCUT2D eigenvalue weighted by Crippen LogP contribution is 2.28. The van der Waals surface area contributed by atoms with Crippen molar-refractivity contribution in [3.63, 3.8) is 0 Å². The van der Waals surface area contributed by atoms with Gasteiger partial charge in [0.15, 0.2) is 0 Å². The number of rotatable bonds is 3. The molecule has 1 aliphatic rings. The van der Waals surface area contributed by atoms with Crippen molar-refractivity contribution in [2.24, 2.45) is 11.8 Å². The van der Waals surface area contributed by atoms with E-state index in [-0.39, 0.29) is 6.61 Å². The van der Waals surface area contributed by atoms with Crippen LogP contribution in [0.25, 0.3) is 0 Å². The van der Waals surface area contributed by atoms with E-state index in [0.29, 0.717) is 6.04 Å². The maximum absolute atomic E-state index is 8.65. The first-order valence-corrected chi connectivity index (χ1v) is 5.08. The Morgan fingerprint density at radius 3 is 2.58 bits per heavy atom. The molecule has 3 atom stereocenters. The molecule has 0 heterocycles. The van der Waals surface area contributed by atoms with Crippen LogP contribution in [0.5, 0.6) is 0 Å². The lowest BCUT2D eigenvalue weighted by molar-refractivity contribution is 0.212. The van der Waals surface area contributed by atoms with Crippen LogP contribution in [0.15, 0.2) is 0 Å². The molecule has 0 spiro atoms. The third kappa shape index (κ3) is 2.76. The molecular formula is C10H21NO. The first kappa shape index (κ1) is 10.0. The third-order valence-electron chi connectivity index (χ3n) is 3.14. The van der Waals surface area contributed by atoms with E-state index in [2.05, 4.69) is 19.2 Å². The summed E-state index contributed by atoms with van der Waals surface area (Å²) in [6, 6.07) is 0.656. The summed E-state index contributed by atoms with van der Waals surface area (Å²) in [7, 11) is 0. The molecule has 0 aromatic carbocycles. The van der Waals surface area contributed by atoms with E-state index in [1.54, 1.807) is 0 Å². The fraction of sp³-hybridized carbons (Fsp3) is 1.00. The van der Waals surface area contributed by atoms with Crippen molar-refractivity contribution < 1.29 is 5.11 Å². The van der Waals surface area contributed by atoms with E-state index in [1.807, 2.05) is 0 Å². The van der Waals surface area contributed by atoms with Crippen molar-refractivity contribution in [1.29, 1.82) is 0 Å². The minimum Gasteiger partial charge on any atom is -0.395 e. The highest BCUT2D eigenvalue weighted by molar-refractivity contribution is 4.79.